The van der Waals surface area contributed by atoms with Gasteiger partial charge in [0.25, 0.3) is 0 Å². The molecule has 0 aliphatic rings. The van der Waals surface area contributed by atoms with E-state index in [-0.39, 0.29) is 17.7 Å². The van der Waals surface area contributed by atoms with Crippen molar-refractivity contribution in [1.82, 2.24) is 5.32 Å². The van der Waals surface area contributed by atoms with E-state index in [2.05, 4.69) is 5.32 Å². The molecule has 5 nitrogen and oxygen atoms in total. The molecule has 0 fully saturated rings. The Morgan fingerprint density at radius 2 is 1.94 bits per heavy atom. The fourth-order valence-corrected chi connectivity index (χ4v) is 1.60. The Hall–Kier alpha value is -0.650. The van der Waals surface area contributed by atoms with E-state index in [1.807, 2.05) is 13.8 Å². The predicted octanol–water partition coefficient (Wildman–Crippen LogP) is 0.777. The largest absolute Gasteiger partial charge is 0.382 e. The van der Waals surface area contributed by atoms with E-state index in [0.717, 1.165) is 12.8 Å². The number of carbonyl (C=O) groups excluding carboxylic acids is 1. The van der Waals surface area contributed by atoms with Gasteiger partial charge >= 0.3 is 0 Å². The Kier molecular flexibility index (Phi) is 11.0. The number of nitrogens with two attached hydrogens (primary N) is 1. The summed E-state index contributed by atoms with van der Waals surface area (Å²) in [5.74, 6) is 0.267. The second-order valence-corrected chi connectivity index (χ2v) is 4.69. The fourth-order valence-electron chi connectivity index (χ4n) is 1.60. The Labute approximate surface area is 110 Å². The van der Waals surface area contributed by atoms with Crippen molar-refractivity contribution in [2.24, 2.45) is 17.6 Å². The van der Waals surface area contributed by atoms with E-state index in [1.54, 1.807) is 7.11 Å². The van der Waals surface area contributed by atoms with Gasteiger partial charge in [-0.15, -0.1) is 0 Å². The lowest BCUT2D eigenvalue weighted by Crippen LogP contribution is -2.38. The first kappa shape index (κ1) is 17.4. The first-order valence-electron chi connectivity index (χ1n) is 6.68. The maximum absolute atomic E-state index is 11.8. The van der Waals surface area contributed by atoms with E-state index in [0.29, 0.717) is 32.9 Å². The van der Waals surface area contributed by atoms with Gasteiger partial charge in [-0.05, 0) is 18.8 Å². The highest BCUT2D eigenvalue weighted by Crippen LogP contribution is 2.08. The van der Waals surface area contributed by atoms with Gasteiger partial charge in [-0.1, -0.05) is 13.8 Å². The molecule has 18 heavy (non-hydrogen) atoms. The molecular formula is C13H28N2O3. The monoisotopic (exact) mass is 260 g/mol. The van der Waals surface area contributed by atoms with Crippen LogP contribution < -0.4 is 11.1 Å². The topological polar surface area (TPSA) is 73.6 Å². The van der Waals surface area contributed by atoms with Crippen LogP contribution in [0.3, 0.4) is 0 Å². The Balaban J connectivity index is 3.45. The average Bonchev–Trinajstić information content (AvgIpc) is 2.33. The van der Waals surface area contributed by atoms with Gasteiger partial charge in [-0.2, -0.15) is 0 Å². The molecule has 0 bridgehead atoms. The quantitative estimate of drug-likeness (QED) is 0.538. The smallest absolute Gasteiger partial charge is 0.224 e. The number of nitrogens with one attached hydrogen (secondary N) is 1. The number of unbranched alkanes of at least 4 members (excludes halogenated alkanes) is 1. The number of carbonyl (C=O) groups is 1. The second-order valence-electron chi connectivity index (χ2n) is 4.69. The van der Waals surface area contributed by atoms with Crippen molar-refractivity contribution < 1.29 is 14.3 Å². The SMILES string of the molecule is COCCOCCCCNC(=O)C(CN)C(C)C. The third kappa shape index (κ3) is 8.44. The van der Waals surface area contributed by atoms with Crippen molar-refractivity contribution in [1.29, 1.82) is 0 Å². The molecule has 0 aromatic carbocycles. The number of hydrogen-bond acceptors (Lipinski definition) is 4. The molecule has 1 amide bonds. The van der Waals surface area contributed by atoms with Crippen LogP contribution in [0.5, 0.6) is 0 Å². The van der Waals surface area contributed by atoms with Gasteiger partial charge in [0.15, 0.2) is 0 Å². The molecule has 3 N–H and O–H groups in total. The van der Waals surface area contributed by atoms with Gasteiger partial charge in [-0.3, -0.25) is 4.79 Å². The number of amides is 1. The summed E-state index contributed by atoms with van der Waals surface area (Å²) >= 11 is 0. The predicted molar refractivity (Wildman–Crippen MR) is 72.3 cm³/mol. The Morgan fingerprint density at radius 3 is 2.50 bits per heavy atom. The number of rotatable bonds is 11. The molecule has 1 atom stereocenters. The lowest BCUT2D eigenvalue weighted by Gasteiger charge is -2.18. The zero-order chi connectivity index (χ0) is 13.8. The molecule has 0 radical (unpaired) electrons. The van der Waals surface area contributed by atoms with Crippen LogP contribution in [0.4, 0.5) is 0 Å². The first-order valence-corrected chi connectivity index (χ1v) is 6.68. The summed E-state index contributed by atoms with van der Waals surface area (Å²) in [4.78, 5) is 11.8. The van der Waals surface area contributed by atoms with E-state index in [1.165, 1.54) is 0 Å². The van der Waals surface area contributed by atoms with Crippen molar-refractivity contribution in [3.8, 4) is 0 Å². The minimum atomic E-state index is -0.0806. The summed E-state index contributed by atoms with van der Waals surface area (Å²) in [6, 6.07) is 0. The fraction of sp³-hybridized carbons (Fsp3) is 0.923. The van der Waals surface area contributed by atoms with Crippen molar-refractivity contribution >= 4 is 5.91 Å². The third-order valence-electron chi connectivity index (χ3n) is 2.84. The standard InChI is InChI=1S/C13H28N2O3/c1-11(2)12(10-14)13(16)15-6-4-5-7-18-9-8-17-3/h11-12H,4-10,14H2,1-3H3,(H,15,16). The van der Waals surface area contributed by atoms with Crippen LogP contribution >= 0.6 is 0 Å². The summed E-state index contributed by atoms with van der Waals surface area (Å²) in [7, 11) is 1.65. The zero-order valence-electron chi connectivity index (χ0n) is 11.9. The molecule has 0 aromatic rings. The van der Waals surface area contributed by atoms with Crippen LogP contribution in [-0.4, -0.2) is 45.9 Å². The van der Waals surface area contributed by atoms with Gasteiger partial charge in [-0.25, -0.2) is 0 Å². The Morgan fingerprint density at radius 1 is 1.22 bits per heavy atom. The Bertz CT molecular complexity index is 210. The molecule has 0 aliphatic heterocycles. The number of ether oxygens (including phenoxy) is 2. The van der Waals surface area contributed by atoms with Gasteiger partial charge in [0.1, 0.15) is 0 Å². The minimum Gasteiger partial charge on any atom is -0.382 e. The van der Waals surface area contributed by atoms with Crippen LogP contribution in [0.2, 0.25) is 0 Å². The van der Waals surface area contributed by atoms with Gasteiger partial charge in [0.05, 0.1) is 19.1 Å². The van der Waals surface area contributed by atoms with Crippen LogP contribution in [-0.2, 0) is 14.3 Å². The second kappa shape index (κ2) is 11.4. The zero-order valence-corrected chi connectivity index (χ0v) is 11.9. The van der Waals surface area contributed by atoms with E-state index >= 15 is 0 Å². The van der Waals surface area contributed by atoms with Crippen molar-refractivity contribution in [3.63, 3.8) is 0 Å². The summed E-state index contributed by atoms with van der Waals surface area (Å²) in [6.07, 6.45) is 1.87. The van der Waals surface area contributed by atoms with Crippen LogP contribution in [0.25, 0.3) is 0 Å². The van der Waals surface area contributed by atoms with Gasteiger partial charge < -0.3 is 20.5 Å². The maximum Gasteiger partial charge on any atom is 0.224 e. The number of methoxy groups -OCH3 is 1. The molecule has 1 unspecified atom stereocenters. The molecule has 0 spiro atoms. The first-order chi connectivity index (χ1) is 8.63. The highest BCUT2D eigenvalue weighted by molar-refractivity contribution is 5.79. The summed E-state index contributed by atoms with van der Waals surface area (Å²) in [5.41, 5.74) is 5.58. The molecule has 0 aromatic heterocycles. The van der Waals surface area contributed by atoms with Crippen LogP contribution in [0.15, 0.2) is 0 Å². The molecule has 5 heteroatoms. The molecule has 0 rings (SSSR count). The van der Waals surface area contributed by atoms with E-state index in [9.17, 15) is 4.79 Å². The van der Waals surface area contributed by atoms with Crippen molar-refractivity contribution in [3.05, 3.63) is 0 Å². The van der Waals surface area contributed by atoms with Crippen LogP contribution in [0.1, 0.15) is 26.7 Å². The van der Waals surface area contributed by atoms with Crippen molar-refractivity contribution in [2.75, 3.05) is 40.0 Å². The normalized spacial score (nSPS) is 12.7. The van der Waals surface area contributed by atoms with Gasteiger partial charge in [0.2, 0.25) is 5.91 Å². The summed E-state index contributed by atoms with van der Waals surface area (Å²) in [6.45, 7) is 7.10. The third-order valence-corrected chi connectivity index (χ3v) is 2.84. The average molecular weight is 260 g/mol. The molecular weight excluding hydrogens is 232 g/mol. The van der Waals surface area contributed by atoms with Gasteiger partial charge in [0, 0.05) is 26.8 Å². The highest BCUT2D eigenvalue weighted by Gasteiger charge is 2.19. The highest BCUT2D eigenvalue weighted by atomic mass is 16.5. The summed E-state index contributed by atoms with van der Waals surface area (Å²) in [5, 5.41) is 2.92. The summed E-state index contributed by atoms with van der Waals surface area (Å²) < 4.78 is 10.2. The molecule has 0 saturated carbocycles. The lowest BCUT2D eigenvalue weighted by atomic mass is 9.95. The maximum atomic E-state index is 11.8. The lowest BCUT2D eigenvalue weighted by molar-refractivity contribution is -0.125. The molecule has 0 heterocycles. The number of hydrogen-bond donors (Lipinski definition) is 2. The van der Waals surface area contributed by atoms with E-state index in [4.69, 9.17) is 15.2 Å². The molecule has 0 aliphatic carbocycles. The van der Waals surface area contributed by atoms with Crippen LogP contribution in [0, 0.1) is 11.8 Å². The molecule has 108 valence electrons. The minimum absolute atomic E-state index is 0.0628. The molecule has 0 saturated heterocycles. The van der Waals surface area contributed by atoms with E-state index < -0.39 is 0 Å². The van der Waals surface area contributed by atoms with Crippen molar-refractivity contribution in [2.45, 2.75) is 26.7 Å².